The molecule has 20 heavy (non-hydrogen) atoms. The first-order valence-corrected chi connectivity index (χ1v) is 8.39. The molecule has 2 atom stereocenters. The molecule has 114 valence electrons. The molecule has 0 radical (unpaired) electrons. The number of para-hydroxylation sites is 1. The summed E-state index contributed by atoms with van der Waals surface area (Å²) in [5.74, 6) is 0.466. The van der Waals surface area contributed by atoms with Crippen molar-refractivity contribution in [2.24, 2.45) is 5.92 Å². The number of phosphoric ester groups is 1. The molecule has 0 heterocycles. The van der Waals surface area contributed by atoms with Crippen LogP contribution in [0.2, 0.25) is 0 Å². The molecule has 6 heteroatoms. The highest BCUT2D eigenvalue weighted by molar-refractivity contribution is 7.48. The summed E-state index contributed by atoms with van der Waals surface area (Å²) in [5, 5.41) is 0. The van der Waals surface area contributed by atoms with Gasteiger partial charge in [-0.1, -0.05) is 56.0 Å². The van der Waals surface area contributed by atoms with Crippen molar-refractivity contribution in [3.8, 4) is 5.75 Å². The van der Waals surface area contributed by atoms with Gasteiger partial charge in [0, 0.05) is 0 Å². The number of rotatable bonds is 10. The first kappa shape index (κ1) is 17.2. The lowest BCUT2D eigenvalue weighted by Crippen LogP contribution is -2.10. The Labute approximate surface area is 119 Å². The van der Waals surface area contributed by atoms with Crippen LogP contribution in [-0.4, -0.2) is 6.61 Å². The number of halogens is 1. The molecule has 0 spiro atoms. The molecule has 0 bridgehead atoms. The lowest BCUT2D eigenvalue weighted by molar-refractivity contribution is -0.0475. The van der Waals surface area contributed by atoms with Gasteiger partial charge in [0.05, 0.1) is 6.61 Å². The third kappa shape index (κ3) is 6.04. The second-order valence-electron chi connectivity index (χ2n) is 4.63. The van der Waals surface area contributed by atoms with Crippen LogP contribution in [0, 0.1) is 5.92 Å². The molecule has 0 amide bonds. The van der Waals surface area contributed by atoms with E-state index in [0.29, 0.717) is 0 Å². The van der Waals surface area contributed by atoms with E-state index in [-0.39, 0.29) is 18.3 Å². The first-order valence-electron chi connectivity index (χ1n) is 6.93. The Hall–Kier alpha value is -0.900. The summed E-state index contributed by atoms with van der Waals surface area (Å²) < 4.78 is 38.0. The van der Waals surface area contributed by atoms with E-state index in [9.17, 15) is 9.09 Å². The quantitative estimate of drug-likeness (QED) is 0.550. The van der Waals surface area contributed by atoms with E-state index in [1.54, 1.807) is 30.3 Å². The zero-order valence-corrected chi connectivity index (χ0v) is 12.9. The number of phosphoric acid groups is 1. The van der Waals surface area contributed by atoms with Gasteiger partial charge in [0.15, 0.2) is 0 Å². The van der Waals surface area contributed by atoms with Crippen molar-refractivity contribution in [1.29, 1.82) is 0 Å². The van der Waals surface area contributed by atoms with Crippen molar-refractivity contribution >= 4 is 7.82 Å². The van der Waals surface area contributed by atoms with Gasteiger partial charge in [-0.05, 0) is 29.0 Å². The lowest BCUT2D eigenvalue weighted by Gasteiger charge is -2.18. The van der Waals surface area contributed by atoms with Crippen molar-refractivity contribution in [3.05, 3.63) is 30.3 Å². The lowest BCUT2D eigenvalue weighted by atomic mass is 10.0. The predicted molar refractivity (Wildman–Crippen MR) is 76.1 cm³/mol. The standard InChI is InChI=1S/C14H22FO4P/c1-3-5-9-13(4-2)12-17-20(16,19-15)18-14-10-7-6-8-11-14/h6-8,10-11,13H,3-5,9,12H2,1-2H3. The Morgan fingerprint density at radius 3 is 2.50 bits per heavy atom. The number of benzene rings is 1. The van der Waals surface area contributed by atoms with Crippen molar-refractivity contribution < 1.29 is 22.9 Å². The molecule has 0 saturated carbocycles. The maximum absolute atomic E-state index is 12.5. The molecular formula is C14H22FO4P. The Morgan fingerprint density at radius 2 is 1.95 bits per heavy atom. The summed E-state index contributed by atoms with van der Waals surface area (Å²) in [6, 6.07) is 8.27. The van der Waals surface area contributed by atoms with E-state index in [4.69, 9.17) is 9.05 Å². The number of hydrogen-bond acceptors (Lipinski definition) is 4. The molecule has 0 aromatic heterocycles. The molecular weight excluding hydrogens is 282 g/mol. The average Bonchev–Trinajstić information content (AvgIpc) is 2.48. The van der Waals surface area contributed by atoms with Gasteiger partial charge in [0.25, 0.3) is 0 Å². The van der Waals surface area contributed by atoms with Gasteiger partial charge >= 0.3 is 7.82 Å². The Morgan fingerprint density at radius 1 is 1.25 bits per heavy atom. The van der Waals surface area contributed by atoms with Crippen LogP contribution in [-0.2, 0) is 13.8 Å². The summed E-state index contributed by atoms with van der Waals surface area (Å²) in [4.78, 5) is 0. The SMILES string of the molecule is CCCCC(CC)COP(=O)(OF)Oc1ccccc1. The van der Waals surface area contributed by atoms with E-state index < -0.39 is 7.82 Å². The maximum atomic E-state index is 12.5. The minimum Gasteiger partial charge on any atom is -0.402 e. The zero-order valence-electron chi connectivity index (χ0n) is 12.0. The van der Waals surface area contributed by atoms with Gasteiger partial charge in [0.1, 0.15) is 5.75 Å². The largest absolute Gasteiger partial charge is 0.561 e. The Kier molecular flexibility index (Phi) is 7.82. The van der Waals surface area contributed by atoms with Crippen LogP contribution in [0.3, 0.4) is 0 Å². The van der Waals surface area contributed by atoms with Crippen molar-refractivity contribution in [3.63, 3.8) is 0 Å². The Balaban J connectivity index is 2.54. The van der Waals surface area contributed by atoms with Crippen molar-refractivity contribution in [2.75, 3.05) is 6.61 Å². The first-order chi connectivity index (χ1) is 9.63. The van der Waals surface area contributed by atoms with Gasteiger partial charge in [-0.15, -0.1) is 0 Å². The van der Waals surface area contributed by atoms with E-state index in [2.05, 4.69) is 11.7 Å². The second-order valence-corrected chi connectivity index (χ2v) is 6.11. The van der Waals surface area contributed by atoms with Gasteiger partial charge < -0.3 is 4.52 Å². The third-order valence-electron chi connectivity index (χ3n) is 3.06. The molecule has 1 aromatic rings. The van der Waals surface area contributed by atoms with Crippen LogP contribution >= 0.6 is 7.82 Å². The molecule has 2 unspecified atom stereocenters. The summed E-state index contributed by atoms with van der Waals surface area (Å²) in [7, 11) is -4.19. The summed E-state index contributed by atoms with van der Waals surface area (Å²) in [5.41, 5.74) is 0. The topological polar surface area (TPSA) is 44.8 Å². The molecule has 1 rings (SSSR count). The third-order valence-corrected chi connectivity index (χ3v) is 4.13. The van der Waals surface area contributed by atoms with E-state index in [0.717, 1.165) is 25.7 Å². The molecule has 0 aliphatic heterocycles. The monoisotopic (exact) mass is 304 g/mol. The summed E-state index contributed by atoms with van der Waals surface area (Å²) >= 11 is 0. The highest BCUT2D eigenvalue weighted by Crippen LogP contribution is 2.50. The fraction of sp³-hybridized carbons (Fsp3) is 0.571. The van der Waals surface area contributed by atoms with Crippen LogP contribution < -0.4 is 4.52 Å². The minimum atomic E-state index is -4.19. The van der Waals surface area contributed by atoms with E-state index >= 15 is 0 Å². The average molecular weight is 304 g/mol. The second kappa shape index (κ2) is 9.11. The molecule has 0 aliphatic carbocycles. The van der Waals surface area contributed by atoms with Crippen LogP contribution in [0.1, 0.15) is 39.5 Å². The zero-order chi connectivity index (χ0) is 14.8. The predicted octanol–water partition coefficient (Wildman–Crippen LogP) is 5.31. The molecule has 4 nitrogen and oxygen atoms in total. The summed E-state index contributed by atoms with van der Waals surface area (Å²) in [6.07, 6.45) is 3.96. The highest BCUT2D eigenvalue weighted by Gasteiger charge is 2.31. The normalized spacial score (nSPS) is 15.6. The molecule has 0 N–H and O–H groups in total. The van der Waals surface area contributed by atoms with Gasteiger partial charge in [-0.3, -0.25) is 4.52 Å². The van der Waals surface area contributed by atoms with E-state index in [1.165, 1.54) is 0 Å². The van der Waals surface area contributed by atoms with Crippen molar-refractivity contribution in [2.45, 2.75) is 39.5 Å². The van der Waals surface area contributed by atoms with Gasteiger partial charge in [-0.25, -0.2) is 4.57 Å². The molecule has 1 aromatic carbocycles. The van der Waals surface area contributed by atoms with Crippen LogP contribution in [0.25, 0.3) is 0 Å². The molecule has 0 saturated heterocycles. The number of unbranched alkanes of at least 4 members (excludes halogenated alkanes) is 1. The van der Waals surface area contributed by atoms with Gasteiger partial charge in [0.2, 0.25) is 0 Å². The fourth-order valence-electron chi connectivity index (χ4n) is 1.77. The highest BCUT2D eigenvalue weighted by atomic mass is 31.2. The minimum absolute atomic E-state index is 0.157. The van der Waals surface area contributed by atoms with Gasteiger partial charge in [-0.2, -0.15) is 0 Å². The number of hydrogen-bond donors (Lipinski definition) is 0. The smallest absolute Gasteiger partial charge is 0.402 e. The maximum Gasteiger partial charge on any atom is 0.561 e. The fourth-order valence-corrected chi connectivity index (χ4v) is 2.66. The van der Waals surface area contributed by atoms with Crippen LogP contribution in [0.5, 0.6) is 5.75 Å². The summed E-state index contributed by atoms with van der Waals surface area (Å²) in [6.45, 7) is 4.27. The molecule has 0 aliphatic rings. The van der Waals surface area contributed by atoms with Crippen molar-refractivity contribution in [1.82, 2.24) is 0 Å². The molecule has 0 fully saturated rings. The van der Waals surface area contributed by atoms with Crippen LogP contribution in [0.15, 0.2) is 30.3 Å². The van der Waals surface area contributed by atoms with Crippen LogP contribution in [0.4, 0.5) is 4.53 Å². The van der Waals surface area contributed by atoms with E-state index in [1.807, 2.05) is 6.92 Å². The Bertz CT molecular complexity index is 413.